The molecule has 2 aliphatic carbocycles. The van der Waals surface area contributed by atoms with Gasteiger partial charge in [-0.3, -0.25) is 0 Å². The molecule has 1 nitrogen and oxygen atoms in total. The summed E-state index contributed by atoms with van der Waals surface area (Å²) < 4.78 is 5.36. The smallest absolute Gasteiger partial charge is 0.0900 e. The number of fused-ring (bicyclic) bond motifs is 2. The van der Waals surface area contributed by atoms with E-state index in [1.54, 1.807) is 0 Å². The molecule has 1 heterocycles. The molecule has 1 heteroatoms. The summed E-state index contributed by atoms with van der Waals surface area (Å²) in [5.74, 6) is 0.907. The Morgan fingerprint density at radius 3 is 2.80 bits per heavy atom. The Balaban J connectivity index is 1.96. The van der Waals surface area contributed by atoms with E-state index < -0.39 is 0 Å². The number of rotatable bonds is 1. The summed E-state index contributed by atoms with van der Waals surface area (Å²) in [5, 5.41) is 0. The Morgan fingerprint density at radius 2 is 2.40 bits per heavy atom. The van der Waals surface area contributed by atoms with Crippen LogP contribution in [0, 0.1) is 11.3 Å². The molecule has 3 atom stereocenters. The van der Waals surface area contributed by atoms with Crippen molar-refractivity contribution in [1.82, 2.24) is 0 Å². The zero-order chi connectivity index (χ0) is 6.60. The van der Waals surface area contributed by atoms with Crippen LogP contribution >= 0.6 is 0 Å². The summed E-state index contributed by atoms with van der Waals surface area (Å²) in [6.07, 6.45) is 9.60. The molecule has 3 rings (SSSR count). The molecule has 3 unspecified atom stereocenters. The first kappa shape index (κ1) is 5.36. The molecule has 1 saturated carbocycles. The van der Waals surface area contributed by atoms with Gasteiger partial charge in [0.15, 0.2) is 0 Å². The predicted molar refractivity (Wildman–Crippen MR) is 38.7 cm³/mol. The van der Waals surface area contributed by atoms with Gasteiger partial charge in [0, 0.05) is 5.41 Å². The lowest BCUT2D eigenvalue weighted by Gasteiger charge is -2.19. The molecule has 0 radical (unpaired) electrons. The molecule has 0 aromatic heterocycles. The quantitative estimate of drug-likeness (QED) is 0.395. The zero-order valence-electron chi connectivity index (χ0n) is 6.05. The Hall–Kier alpha value is -0.300. The maximum Gasteiger partial charge on any atom is 0.0900 e. The van der Waals surface area contributed by atoms with Gasteiger partial charge >= 0.3 is 0 Å². The van der Waals surface area contributed by atoms with Gasteiger partial charge in [0.2, 0.25) is 0 Å². The predicted octanol–water partition coefficient (Wildman–Crippen LogP) is 1.74. The minimum Gasteiger partial charge on any atom is -0.372 e. The maximum atomic E-state index is 5.36. The van der Waals surface area contributed by atoms with Crippen LogP contribution in [0.15, 0.2) is 12.2 Å². The molecule has 1 aliphatic heterocycles. The SMILES string of the molecule is C1=CC2(C3CO3)CCC1C2. The number of hydrogen-bond donors (Lipinski definition) is 0. The van der Waals surface area contributed by atoms with Gasteiger partial charge < -0.3 is 4.74 Å². The van der Waals surface area contributed by atoms with E-state index in [-0.39, 0.29) is 0 Å². The Kier molecular flexibility index (Phi) is 0.791. The van der Waals surface area contributed by atoms with E-state index in [0.717, 1.165) is 12.5 Å². The summed E-state index contributed by atoms with van der Waals surface area (Å²) in [6.45, 7) is 1.02. The first-order valence-electron chi connectivity index (χ1n) is 4.20. The fourth-order valence-corrected chi connectivity index (χ4v) is 2.57. The minimum atomic E-state index is 0.519. The van der Waals surface area contributed by atoms with Gasteiger partial charge in [-0.1, -0.05) is 12.2 Å². The van der Waals surface area contributed by atoms with Crippen molar-refractivity contribution < 1.29 is 4.74 Å². The third-order valence-electron chi connectivity index (χ3n) is 3.30. The van der Waals surface area contributed by atoms with E-state index >= 15 is 0 Å². The van der Waals surface area contributed by atoms with E-state index in [0.29, 0.717) is 11.5 Å². The Morgan fingerprint density at radius 1 is 1.50 bits per heavy atom. The van der Waals surface area contributed by atoms with Crippen LogP contribution in [0.25, 0.3) is 0 Å². The first-order chi connectivity index (χ1) is 4.89. The van der Waals surface area contributed by atoms with Crippen molar-refractivity contribution in [3.8, 4) is 0 Å². The fraction of sp³-hybridized carbons (Fsp3) is 0.778. The molecule has 0 N–H and O–H groups in total. The van der Waals surface area contributed by atoms with Crippen LogP contribution < -0.4 is 0 Å². The average Bonchev–Trinajstić information content (AvgIpc) is 2.66. The lowest BCUT2D eigenvalue weighted by atomic mass is 9.84. The molecule has 0 aromatic carbocycles. The zero-order valence-corrected chi connectivity index (χ0v) is 6.05. The topological polar surface area (TPSA) is 12.5 Å². The van der Waals surface area contributed by atoms with Gasteiger partial charge in [-0.25, -0.2) is 0 Å². The normalized spacial score (nSPS) is 56.0. The number of ether oxygens (including phenoxy) is 1. The second-order valence-corrected chi connectivity index (χ2v) is 3.92. The Bertz CT molecular complexity index is 193. The number of epoxide rings is 1. The molecule has 10 heavy (non-hydrogen) atoms. The van der Waals surface area contributed by atoms with E-state index in [1.807, 2.05) is 0 Å². The number of allylic oxidation sites excluding steroid dienone is 1. The van der Waals surface area contributed by atoms with Crippen LogP contribution in [0.4, 0.5) is 0 Å². The molecule has 2 fully saturated rings. The summed E-state index contributed by atoms with van der Waals surface area (Å²) in [4.78, 5) is 0. The van der Waals surface area contributed by atoms with Crippen LogP contribution in [-0.2, 0) is 4.74 Å². The molecule has 3 aliphatic rings. The fourth-order valence-electron chi connectivity index (χ4n) is 2.57. The second kappa shape index (κ2) is 1.48. The van der Waals surface area contributed by atoms with Crippen molar-refractivity contribution in [2.75, 3.05) is 6.61 Å². The first-order valence-corrected chi connectivity index (χ1v) is 4.20. The van der Waals surface area contributed by atoms with E-state index in [1.165, 1.54) is 19.3 Å². The van der Waals surface area contributed by atoms with Crippen molar-refractivity contribution in [2.45, 2.75) is 25.4 Å². The lowest BCUT2D eigenvalue weighted by molar-refractivity contribution is 0.264. The average molecular weight is 136 g/mol. The van der Waals surface area contributed by atoms with Gasteiger partial charge in [-0.15, -0.1) is 0 Å². The van der Waals surface area contributed by atoms with Crippen molar-refractivity contribution in [3.63, 3.8) is 0 Å². The maximum absolute atomic E-state index is 5.36. The summed E-state index contributed by atoms with van der Waals surface area (Å²) >= 11 is 0. The lowest BCUT2D eigenvalue weighted by Crippen LogP contribution is -2.18. The van der Waals surface area contributed by atoms with Crippen LogP contribution in [0.5, 0.6) is 0 Å². The molecule has 0 amide bonds. The van der Waals surface area contributed by atoms with Crippen molar-refractivity contribution in [2.24, 2.45) is 11.3 Å². The molecule has 0 aromatic rings. The summed E-state index contributed by atoms with van der Waals surface area (Å²) in [5.41, 5.74) is 0.519. The van der Waals surface area contributed by atoms with Gasteiger partial charge in [-0.05, 0) is 25.2 Å². The van der Waals surface area contributed by atoms with Crippen molar-refractivity contribution in [1.29, 1.82) is 0 Å². The Labute approximate surface area is 61.1 Å². The van der Waals surface area contributed by atoms with E-state index in [9.17, 15) is 0 Å². The molecule has 54 valence electrons. The molecule has 1 saturated heterocycles. The molecule has 2 bridgehead atoms. The second-order valence-electron chi connectivity index (χ2n) is 3.92. The van der Waals surface area contributed by atoms with Gasteiger partial charge in [0.25, 0.3) is 0 Å². The number of hydrogen-bond acceptors (Lipinski definition) is 1. The van der Waals surface area contributed by atoms with Crippen LogP contribution in [-0.4, -0.2) is 12.7 Å². The monoisotopic (exact) mass is 136 g/mol. The minimum absolute atomic E-state index is 0.519. The van der Waals surface area contributed by atoms with Crippen molar-refractivity contribution >= 4 is 0 Å². The molecular weight excluding hydrogens is 124 g/mol. The highest BCUT2D eigenvalue weighted by molar-refractivity contribution is 5.20. The standard InChI is InChI=1S/C9H12O/c1-3-9(8-6-10-8)4-2-7(1)5-9/h1,3,7-8H,2,4-6H2. The van der Waals surface area contributed by atoms with Crippen LogP contribution in [0.2, 0.25) is 0 Å². The van der Waals surface area contributed by atoms with E-state index in [4.69, 9.17) is 4.74 Å². The van der Waals surface area contributed by atoms with Crippen LogP contribution in [0.3, 0.4) is 0 Å². The summed E-state index contributed by atoms with van der Waals surface area (Å²) in [7, 11) is 0. The summed E-state index contributed by atoms with van der Waals surface area (Å²) in [6, 6.07) is 0. The highest BCUT2D eigenvalue weighted by Gasteiger charge is 2.51. The third-order valence-corrected chi connectivity index (χ3v) is 3.30. The molecule has 0 spiro atoms. The molecular formula is C9H12O. The van der Waals surface area contributed by atoms with Crippen LogP contribution in [0.1, 0.15) is 19.3 Å². The van der Waals surface area contributed by atoms with Gasteiger partial charge in [0.1, 0.15) is 0 Å². The highest BCUT2D eigenvalue weighted by Crippen LogP contribution is 2.54. The van der Waals surface area contributed by atoms with Gasteiger partial charge in [-0.2, -0.15) is 0 Å². The van der Waals surface area contributed by atoms with E-state index in [2.05, 4.69) is 12.2 Å². The highest BCUT2D eigenvalue weighted by atomic mass is 16.6. The third kappa shape index (κ3) is 0.523. The van der Waals surface area contributed by atoms with Crippen molar-refractivity contribution in [3.05, 3.63) is 12.2 Å². The largest absolute Gasteiger partial charge is 0.372 e. The van der Waals surface area contributed by atoms with Gasteiger partial charge in [0.05, 0.1) is 12.7 Å².